The highest BCUT2D eigenvalue weighted by Crippen LogP contribution is 2.40. The maximum atomic E-state index is 5.05. The molecule has 3 heterocycles. The van der Waals surface area contributed by atoms with E-state index < -0.39 is 0 Å². The van der Waals surface area contributed by atoms with Gasteiger partial charge in [0.05, 0.1) is 27.9 Å². The van der Waals surface area contributed by atoms with E-state index in [1.54, 1.807) is 0 Å². The lowest BCUT2D eigenvalue weighted by molar-refractivity contribution is 1.13. The van der Waals surface area contributed by atoms with Crippen LogP contribution in [0.5, 0.6) is 0 Å². The molecule has 7 aromatic carbocycles. The Bertz CT molecular complexity index is 2770. The third-order valence-electron chi connectivity index (χ3n) is 9.79. The first kappa shape index (κ1) is 28.3. The van der Waals surface area contributed by atoms with E-state index in [0.717, 1.165) is 39.5 Å². The maximum absolute atomic E-state index is 5.05. The van der Waals surface area contributed by atoms with Crippen molar-refractivity contribution in [3.8, 4) is 45.3 Å². The molecule has 0 spiro atoms. The quantitative estimate of drug-likeness (QED) is 0.188. The first-order valence-electron chi connectivity index (χ1n) is 16.9. The SMILES string of the molecule is c1ccc(-c2cc(-c3ccccc3)nc(-c3ccc(-n4c5ccccc5c5c6ccc7c(ccn7-c7ccccc7)c6ccc54)cc3)n2)cc1. The summed E-state index contributed by atoms with van der Waals surface area (Å²) in [4.78, 5) is 10.1. The number of hydrogen-bond donors (Lipinski definition) is 0. The Morgan fingerprint density at radius 1 is 0.360 bits per heavy atom. The van der Waals surface area contributed by atoms with E-state index in [9.17, 15) is 0 Å². The van der Waals surface area contributed by atoms with Crippen LogP contribution in [0.1, 0.15) is 0 Å². The van der Waals surface area contributed by atoms with Crippen molar-refractivity contribution in [2.45, 2.75) is 0 Å². The second-order valence-corrected chi connectivity index (χ2v) is 12.7. The zero-order chi connectivity index (χ0) is 33.0. The monoisotopic (exact) mass is 638 g/mol. The average molecular weight is 639 g/mol. The average Bonchev–Trinajstić information content (AvgIpc) is 3.79. The third kappa shape index (κ3) is 4.54. The number of hydrogen-bond acceptors (Lipinski definition) is 2. The van der Waals surface area contributed by atoms with Crippen LogP contribution in [0.25, 0.3) is 88.8 Å². The minimum absolute atomic E-state index is 0.705. The predicted molar refractivity (Wildman–Crippen MR) is 207 cm³/mol. The molecule has 234 valence electrons. The summed E-state index contributed by atoms with van der Waals surface area (Å²) in [7, 11) is 0. The Balaban J connectivity index is 1.12. The van der Waals surface area contributed by atoms with E-state index in [4.69, 9.17) is 9.97 Å². The molecule has 0 saturated heterocycles. The van der Waals surface area contributed by atoms with Crippen molar-refractivity contribution in [1.82, 2.24) is 19.1 Å². The molecule has 0 fully saturated rings. The van der Waals surface area contributed by atoms with Gasteiger partial charge in [-0.05, 0) is 77.5 Å². The van der Waals surface area contributed by atoms with Gasteiger partial charge in [0, 0.05) is 50.4 Å². The second kappa shape index (κ2) is 11.4. The van der Waals surface area contributed by atoms with Crippen LogP contribution in [-0.2, 0) is 0 Å². The van der Waals surface area contributed by atoms with E-state index in [1.807, 2.05) is 36.4 Å². The fraction of sp³-hybridized carbons (Fsp3) is 0. The molecule has 0 N–H and O–H groups in total. The number of aromatic nitrogens is 4. The molecule has 4 heteroatoms. The van der Waals surface area contributed by atoms with Gasteiger partial charge in [0.1, 0.15) is 0 Å². The zero-order valence-electron chi connectivity index (χ0n) is 27.1. The molecule has 0 atom stereocenters. The van der Waals surface area contributed by atoms with E-state index in [0.29, 0.717) is 5.82 Å². The van der Waals surface area contributed by atoms with Crippen LogP contribution in [-0.4, -0.2) is 19.1 Å². The summed E-state index contributed by atoms with van der Waals surface area (Å²) in [6, 6.07) is 62.0. The highest BCUT2D eigenvalue weighted by Gasteiger charge is 2.17. The lowest BCUT2D eigenvalue weighted by atomic mass is 10.0. The molecule has 0 radical (unpaired) electrons. The molecule has 0 aliphatic heterocycles. The van der Waals surface area contributed by atoms with E-state index >= 15 is 0 Å². The number of fused-ring (bicyclic) bond motifs is 7. The molecule has 0 aliphatic rings. The van der Waals surface area contributed by atoms with Gasteiger partial charge in [-0.3, -0.25) is 0 Å². The van der Waals surface area contributed by atoms with Crippen molar-refractivity contribution in [1.29, 1.82) is 0 Å². The van der Waals surface area contributed by atoms with Crippen LogP contribution < -0.4 is 0 Å². The minimum Gasteiger partial charge on any atom is -0.317 e. The zero-order valence-corrected chi connectivity index (χ0v) is 27.1. The smallest absolute Gasteiger partial charge is 0.160 e. The van der Waals surface area contributed by atoms with Gasteiger partial charge in [-0.1, -0.05) is 109 Å². The van der Waals surface area contributed by atoms with Crippen molar-refractivity contribution in [2.75, 3.05) is 0 Å². The van der Waals surface area contributed by atoms with Crippen LogP contribution in [0, 0.1) is 0 Å². The Kier molecular flexibility index (Phi) is 6.46. The van der Waals surface area contributed by atoms with Crippen molar-refractivity contribution in [3.63, 3.8) is 0 Å². The van der Waals surface area contributed by atoms with Crippen LogP contribution in [0.3, 0.4) is 0 Å². The lowest BCUT2D eigenvalue weighted by Crippen LogP contribution is -1.97. The standard InChI is InChI=1S/C46H30N4/c1-4-12-31(13-5-1)40-30-41(32-14-6-2-7-15-32)48-46(47-40)33-20-22-35(23-21-33)50-43-19-11-10-18-39(43)45-38-25-26-42-37(36(38)24-27-44(45)50)28-29-49(42)34-16-8-3-9-17-34/h1-30H. The van der Waals surface area contributed by atoms with Crippen LogP contribution >= 0.6 is 0 Å². The highest BCUT2D eigenvalue weighted by atomic mass is 15.0. The van der Waals surface area contributed by atoms with Gasteiger partial charge in [0.2, 0.25) is 0 Å². The van der Waals surface area contributed by atoms with Gasteiger partial charge in [-0.2, -0.15) is 0 Å². The summed E-state index contributed by atoms with van der Waals surface area (Å²) in [5, 5.41) is 6.27. The number of para-hydroxylation sites is 2. The van der Waals surface area contributed by atoms with E-state index in [2.05, 4.69) is 155 Å². The van der Waals surface area contributed by atoms with Crippen molar-refractivity contribution >= 4 is 43.5 Å². The molecule has 0 saturated carbocycles. The molecule has 0 bridgehead atoms. The Hall–Kier alpha value is -6.78. The lowest BCUT2D eigenvalue weighted by Gasteiger charge is -2.12. The summed E-state index contributed by atoms with van der Waals surface area (Å²) >= 11 is 0. The van der Waals surface area contributed by atoms with Crippen LogP contribution in [0.15, 0.2) is 182 Å². The largest absolute Gasteiger partial charge is 0.317 e. The molecule has 0 amide bonds. The third-order valence-corrected chi connectivity index (χ3v) is 9.79. The first-order valence-corrected chi connectivity index (χ1v) is 16.9. The topological polar surface area (TPSA) is 35.6 Å². The molecule has 3 aromatic heterocycles. The molecule has 50 heavy (non-hydrogen) atoms. The summed E-state index contributed by atoms with van der Waals surface area (Å²) in [5.41, 5.74) is 10.7. The fourth-order valence-corrected chi connectivity index (χ4v) is 7.44. The fourth-order valence-electron chi connectivity index (χ4n) is 7.44. The van der Waals surface area contributed by atoms with Crippen molar-refractivity contribution < 1.29 is 0 Å². The Morgan fingerprint density at radius 3 is 1.66 bits per heavy atom. The van der Waals surface area contributed by atoms with Crippen LogP contribution in [0.2, 0.25) is 0 Å². The molecule has 10 aromatic rings. The molecule has 10 rings (SSSR count). The van der Waals surface area contributed by atoms with E-state index in [-0.39, 0.29) is 0 Å². The van der Waals surface area contributed by atoms with Crippen LogP contribution in [0.4, 0.5) is 0 Å². The normalized spacial score (nSPS) is 11.6. The Morgan fingerprint density at radius 2 is 0.960 bits per heavy atom. The summed E-state index contributed by atoms with van der Waals surface area (Å²) < 4.78 is 4.65. The summed E-state index contributed by atoms with van der Waals surface area (Å²) in [6.07, 6.45) is 2.18. The van der Waals surface area contributed by atoms with Gasteiger partial charge in [-0.15, -0.1) is 0 Å². The number of benzene rings is 7. The maximum Gasteiger partial charge on any atom is 0.160 e. The molecule has 4 nitrogen and oxygen atoms in total. The first-order chi connectivity index (χ1) is 24.8. The van der Waals surface area contributed by atoms with Gasteiger partial charge in [-0.25, -0.2) is 9.97 Å². The second-order valence-electron chi connectivity index (χ2n) is 12.7. The number of nitrogens with zero attached hydrogens (tertiary/aromatic N) is 4. The van der Waals surface area contributed by atoms with Gasteiger partial charge >= 0.3 is 0 Å². The highest BCUT2D eigenvalue weighted by molar-refractivity contribution is 6.25. The summed E-state index contributed by atoms with van der Waals surface area (Å²) in [6.45, 7) is 0. The number of rotatable bonds is 5. The molecule has 0 aliphatic carbocycles. The molecule has 0 unspecified atom stereocenters. The van der Waals surface area contributed by atoms with Crippen molar-refractivity contribution in [2.24, 2.45) is 0 Å². The van der Waals surface area contributed by atoms with Gasteiger partial charge in [0.25, 0.3) is 0 Å². The molecular weight excluding hydrogens is 609 g/mol. The van der Waals surface area contributed by atoms with Crippen molar-refractivity contribution in [3.05, 3.63) is 182 Å². The Labute approximate surface area is 289 Å². The summed E-state index contributed by atoms with van der Waals surface area (Å²) in [5.74, 6) is 0.705. The predicted octanol–water partition coefficient (Wildman–Crippen LogP) is 11.7. The molecular formula is C46H30N4. The van der Waals surface area contributed by atoms with Gasteiger partial charge in [0.15, 0.2) is 5.82 Å². The van der Waals surface area contributed by atoms with E-state index in [1.165, 1.54) is 43.5 Å². The minimum atomic E-state index is 0.705. The van der Waals surface area contributed by atoms with Gasteiger partial charge < -0.3 is 9.13 Å².